The van der Waals surface area contributed by atoms with Crippen molar-refractivity contribution in [2.75, 3.05) is 0 Å². The summed E-state index contributed by atoms with van der Waals surface area (Å²) in [5.74, 6) is -0.920. The van der Waals surface area contributed by atoms with Gasteiger partial charge in [-0.3, -0.25) is 0 Å². The molecule has 0 saturated heterocycles. The molecule has 0 aliphatic heterocycles. The Morgan fingerprint density at radius 1 is 1.18 bits per heavy atom. The summed E-state index contributed by atoms with van der Waals surface area (Å²) in [5.41, 5.74) is 0. The zero-order valence-electron chi connectivity index (χ0n) is 6.97. The quantitative estimate of drug-likeness (QED) is 0.595. The first-order valence-electron chi connectivity index (χ1n) is 3.97. The number of carbonyl (C=O) groups is 1. The molecule has 0 bridgehead atoms. The maximum Gasteiger partial charge on any atom is 2.00 e. The molecule has 0 aliphatic carbocycles. The Labute approximate surface area is 79.1 Å². The zero-order chi connectivity index (χ0) is 7.82. The Hall–Kier alpha value is 0.00247. The summed E-state index contributed by atoms with van der Waals surface area (Å²) in [6.07, 6.45) is 5.61. The van der Waals surface area contributed by atoms with Crippen LogP contribution in [0, 0.1) is 0 Å². The number of carboxylic acids is 1. The number of hydrogen-bond acceptors (Lipinski definition) is 2. The third-order valence-electron chi connectivity index (χ3n) is 1.48. The van der Waals surface area contributed by atoms with Crippen molar-refractivity contribution in [2.24, 2.45) is 0 Å². The van der Waals surface area contributed by atoms with Crippen molar-refractivity contribution in [2.45, 2.75) is 45.4 Å². The van der Waals surface area contributed by atoms with Gasteiger partial charge < -0.3 is 9.90 Å². The second-order valence-electron chi connectivity index (χ2n) is 2.54. The molecule has 3 heteroatoms. The van der Waals surface area contributed by atoms with Crippen molar-refractivity contribution in [3.8, 4) is 0 Å². The number of rotatable bonds is 6. The van der Waals surface area contributed by atoms with E-state index in [4.69, 9.17) is 0 Å². The summed E-state index contributed by atoms with van der Waals surface area (Å²) in [6.45, 7) is 2.14. The predicted molar refractivity (Wildman–Crippen MR) is 38.4 cm³/mol. The second kappa shape index (κ2) is 10.0. The molecule has 0 radical (unpaired) electrons. The standard InChI is InChI=1S/C8H16O2.Cr/c1-2-3-4-5-6-7-8(9)10;/h2-7H2,1H3,(H,9,10);/q;+2/p-1. The molecular formula is C8H15CrO2+. The van der Waals surface area contributed by atoms with E-state index >= 15 is 0 Å². The van der Waals surface area contributed by atoms with Gasteiger partial charge in [0.15, 0.2) is 0 Å². The molecule has 0 N–H and O–H groups in total. The van der Waals surface area contributed by atoms with Gasteiger partial charge in [0.1, 0.15) is 0 Å². The monoisotopic (exact) mass is 195 g/mol. The van der Waals surface area contributed by atoms with Gasteiger partial charge in [0.05, 0.1) is 0 Å². The molecule has 64 valence electrons. The molecule has 11 heavy (non-hydrogen) atoms. The van der Waals surface area contributed by atoms with Gasteiger partial charge in [-0.1, -0.05) is 32.6 Å². The first-order valence-corrected chi connectivity index (χ1v) is 3.97. The third-order valence-corrected chi connectivity index (χ3v) is 1.48. The number of hydrogen-bond donors (Lipinski definition) is 0. The smallest absolute Gasteiger partial charge is 0.550 e. The van der Waals surface area contributed by atoms with Gasteiger partial charge in [0.25, 0.3) is 0 Å². The fraction of sp³-hybridized carbons (Fsp3) is 0.875. The average Bonchev–Trinajstić information content (AvgIpc) is 1.87. The average molecular weight is 195 g/mol. The van der Waals surface area contributed by atoms with Crippen molar-refractivity contribution in [3.05, 3.63) is 0 Å². The summed E-state index contributed by atoms with van der Waals surface area (Å²) in [6, 6.07) is 0. The number of unbranched alkanes of at least 4 members (excludes halogenated alkanes) is 4. The molecule has 0 aromatic rings. The maximum atomic E-state index is 9.92. The predicted octanol–water partition coefficient (Wildman–Crippen LogP) is 1.09. The first kappa shape index (κ1) is 13.6. The molecule has 0 saturated carbocycles. The van der Waals surface area contributed by atoms with Crippen molar-refractivity contribution in [1.29, 1.82) is 0 Å². The summed E-state index contributed by atoms with van der Waals surface area (Å²) < 4.78 is 0. The fourth-order valence-electron chi connectivity index (χ4n) is 0.873. The maximum absolute atomic E-state index is 9.92. The van der Waals surface area contributed by atoms with Crippen LogP contribution in [0.25, 0.3) is 0 Å². The molecule has 0 unspecified atom stereocenters. The van der Waals surface area contributed by atoms with Gasteiger partial charge in [0, 0.05) is 5.97 Å². The van der Waals surface area contributed by atoms with Crippen LogP contribution in [0.4, 0.5) is 0 Å². The van der Waals surface area contributed by atoms with Gasteiger partial charge in [-0.15, -0.1) is 0 Å². The van der Waals surface area contributed by atoms with Gasteiger partial charge >= 0.3 is 17.4 Å². The van der Waals surface area contributed by atoms with E-state index in [1.165, 1.54) is 12.8 Å². The van der Waals surface area contributed by atoms with E-state index in [9.17, 15) is 9.90 Å². The van der Waals surface area contributed by atoms with Crippen molar-refractivity contribution in [3.63, 3.8) is 0 Å². The summed E-state index contributed by atoms with van der Waals surface area (Å²) in [7, 11) is 0. The minimum Gasteiger partial charge on any atom is -0.550 e. The van der Waals surface area contributed by atoms with Crippen LogP contribution in [0.15, 0.2) is 0 Å². The zero-order valence-corrected chi connectivity index (χ0v) is 8.24. The molecule has 0 amide bonds. The Balaban J connectivity index is 0. The molecule has 0 spiro atoms. The molecule has 0 aliphatic rings. The number of carboxylic acid groups (broad SMARTS) is 1. The molecule has 0 rings (SSSR count). The van der Waals surface area contributed by atoms with Crippen LogP contribution in [-0.2, 0) is 22.2 Å². The van der Waals surface area contributed by atoms with Crippen LogP contribution in [-0.4, -0.2) is 5.97 Å². The van der Waals surface area contributed by atoms with Crippen LogP contribution in [0.1, 0.15) is 45.4 Å². The van der Waals surface area contributed by atoms with E-state index in [0.29, 0.717) is 0 Å². The molecule has 2 nitrogen and oxygen atoms in total. The van der Waals surface area contributed by atoms with Crippen LogP contribution >= 0.6 is 0 Å². The third kappa shape index (κ3) is 13.1. The van der Waals surface area contributed by atoms with E-state index in [2.05, 4.69) is 6.92 Å². The first-order chi connectivity index (χ1) is 4.77. The van der Waals surface area contributed by atoms with E-state index in [0.717, 1.165) is 19.3 Å². The molecule has 0 atom stereocenters. The largest absolute Gasteiger partial charge is 2.00 e. The minimum absolute atomic E-state index is 0. The Bertz CT molecular complexity index is 94.1. The molecule has 0 aromatic heterocycles. The number of aliphatic carboxylic acids is 1. The summed E-state index contributed by atoms with van der Waals surface area (Å²) in [5, 5.41) is 9.92. The Kier molecular flexibility index (Phi) is 12.4. The Morgan fingerprint density at radius 3 is 2.18 bits per heavy atom. The van der Waals surface area contributed by atoms with E-state index < -0.39 is 5.97 Å². The van der Waals surface area contributed by atoms with E-state index in [1.807, 2.05) is 0 Å². The fourth-order valence-corrected chi connectivity index (χ4v) is 0.873. The molecular weight excluding hydrogens is 180 g/mol. The van der Waals surface area contributed by atoms with Crippen LogP contribution < -0.4 is 5.11 Å². The van der Waals surface area contributed by atoms with E-state index in [1.54, 1.807) is 0 Å². The van der Waals surface area contributed by atoms with Crippen LogP contribution in [0.2, 0.25) is 0 Å². The topological polar surface area (TPSA) is 40.1 Å². The molecule has 0 aromatic carbocycles. The Morgan fingerprint density at radius 2 is 1.73 bits per heavy atom. The van der Waals surface area contributed by atoms with Gasteiger partial charge in [-0.2, -0.15) is 0 Å². The van der Waals surface area contributed by atoms with Crippen molar-refractivity contribution in [1.82, 2.24) is 0 Å². The molecule has 0 fully saturated rings. The van der Waals surface area contributed by atoms with Crippen LogP contribution in [0.3, 0.4) is 0 Å². The number of carbonyl (C=O) groups excluding carboxylic acids is 1. The van der Waals surface area contributed by atoms with Gasteiger partial charge in [-0.05, 0) is 12.8 Å². The normalized spacial score (nSPS) is 8.82. The van der Waals surface area contributed by atoms with Crippen molar-refractivity contribution < 1.29 is 27.3 Å². The minimum atomic E-state index is -0.920. The summed E-state index contributed by atoms with van der Waals surface area (Å²) >= 11 is 0. The SMILES string of the molecule is CCCCCCCC(=O)[O-].[Cr+2]. The van der Waals surface area contributed by atoms with Gasteiger partial charge in [0.2, 0.25) is 0 Å². The van der Waals surface area contributed by atoms with E-state index in [-0.39, 0.29) is 23.8 Å². The van der Waals surface area contributed by atoms with Gasteiger partial charge in [-0.25, -0.2) is 0 Å². The van der Waals surface area contributed by atoms with Crippen LogP contribution in [0.5, 0.6) is 0 Å². The summed E-state index contributed by atoms with van der Waals surface area (Å²) in [4.78, 5) is 9.92. The molecule has 0 heterocycles. The van der Waals surface area contributed by atoms with Crippen molar-refractivity contribution >= 4 is 5.97 Å². The second-order valence-corrected chi connectivity index (χ2v) is 2.54.